The molecule has 1 aliphatic carbocycles. The summed E-state index contributed by atoms with van der Waals surface area (Å²) in [5, 5.41) is 3.88. The quantitative estimate of drug-likeness (QED) is 0.729. The number of hydrogen-bond acceptors (Lipinski definition) is 6. The van der Waals surface area contributed by atoms with E-state index in [9.17, 15) is 8.42 Å². The molecular formula is C15H26N2O4S. The maximum absolute atomic E-state index is 11.5. The largest absolute Gasteiger partial charge is 0.365 e. The van der Waals surface area contributed by atoms with E-state index < -0.39 is 9.84 Å². The van der Waals surface area contributed by atoms with Gasteiger partial charge >= 0.3 is 0 Å². The molecule has 0 radical (unpaired) electrons. The van der Waals surface area contributed by atoms with E-state index in [4.69, 9.17) is 9.26 Å². The molecule has 0 amide bonds. The molecule has 1 unspecified atom stereocenters. The van der Waals surface area contributed by atoms with Crippen LogP contribution >= 0.6 is 0 Å². The Labute approximate surface area is 132 Å². The summed E-state index contributed by atoms with van der Waals surface area (Å²) in [5.74, 6) is 1.11. The van der Waals surface area contributed by atoms with E-state index in [1.165, 1.54) is 19.3 Å². The molecule has 0 aromatic carbocycles. The van der Waals surface area contributed by atoms with Crippen molar-refractivity contribution in [3.05, 3.63) is 11.7 Å². The molecule has 6 nitrogen and oxygen atoms in total. The van der Waals surface area contributed by atoms with Crippen LogP contribution in [-0.4, -0.2) is 36.2 Å². The molecule has 1 aliphatic rings. The second-order valence-electron chi connectivity index (χ2n) is 5.83. The highest BCUT2D eigenvalue weighted by Gasteiger charge is 2.24. The van der Waals surface area contributed by atoms with Crippen molar-refractivity contribution < 1.29 is 17.7 Å². The Morgan fingerprint density at radius 1 is 1.27 bits per heavy atom. The zero-order chi connectivity index (χ0) is 16.0. The molecule has 1 saturated carbocycles. The van der Waals surface area contributed by atoms with Gasteiger partial charge in [-0.3, -0.25) is 0 Å². The van der Waals surface area contributed by atoms with Crippen LogP contribution in [0.2, 0.25) is 0 Å². The topological polar surface area (TPSA) is 82.3 Å². The smallest absolute Gasteiger partial charge is 0.255 e. The van der Waals surface area contributed by atoms with Gasteiger partial charge < -0.3 is 9.26 Å². The first kappa shape index (κ1) is 17.4. The lowest BCUT2D eigenvalue weighted by Gasteiger charge is -2.25. The van der Waals surface area contributed by atoms with Crippen LogP contribution in [0.25, 0.3) is 0 Å². The number of aryl methyl sites for hydroxylation is 1. The van der Waals surface area contributed by atoms with Crippen molar-refractivity contribution in [2.75, 3.05) is 11.5 Å². The molecule has 0 aliphatic heterocycles. The minimum absolute atomic E-state index is 0.0583. The highest BCUT2D eigenvalue weighted by Crippen LogP contribution is 2.28. The maximum atomic E-state index is 11.5. The van der Waals surface area contributed by atoms with Crippen molar-refractivity contribution in [1.29, 1.82) is 0 Å². The molecule has 0 spiro atoms. The van der Waals surface area contributed by atoms with Gasteiger partial charge in [-0.05, 0) is 19.3 Å². The predicted octanol–water partition coefficient (Wildman–Crippen LogP) is 2.85. The summed E-state index contributed by atoms with van der Waals surface area (Å²) < 4.78 is 34.4. The van der Waals surface area contributed by atoms with Gasteiger partial charge in [-0.15, -0.1) is 0 Å². The zero-order valence-corrected chi connectivity index (χ0v) is 14.3. The van der Waals surface area contributed by atoms with Gasteiger partial charge in [0.2, 0.25) is 0 Å². The van der Waals surface area contributed by atoms with Crippen LogP contribution in [0.5, 0.6) is 0 Å². The van der Waals surface area contributed by atoms with E-state index >= 15 is 0 Å². The Hall–Kier alpha value is -0.950. The third-order valence-corrected chi connectivity index (χ3v) is 5.82. The van der Waals surface area contributed by atoms with Crippen LogP contribution in [0.15, 0.2) is 4.52 Å². The number of aromatic nitrogens is 2. The lowest BCUT2D eigenvalue weighted by molar-refractivity contribution is -0.0468. The molecular weight excluding hydrogens is 304 g/mol. The van der Waals surface area contributed by atoms with Gasteiger partial charge in [0.15, 0.2) is 5.82 Å². The lowest BCUT2D eigenvalue weighted by Crippen LogP contribution is -2.19. The van der Waals surface area contributed by atoms with Crippen LogP contribution in [0, 0.1) is 0 Å². The molecule has 0 N–H and O–H groups in total. The highest BCUT2D eigenvalue weighted by molar-refractivity contribution is 7.91. The Morgan fingerprint density at radius 2 is 2.00 bits per heavy atom. The van der Waals surface area contributed by atoms with Gasteiger partial charge in [-0.2, -0.15) is 4.98 Å². The molecule has 2 rings (SSSR count). The molecule has 0 saturated heterocycles. The fourth-order valence-corrected chi connectivity index (χ4v) is 3.44. The SMILES string of the molecule is CCC(OC1CCCCC1)c1nc(CCS(=O)(=O)CC)no1. The maximum Gasteiger partial charge on any atom is 0.255 e. The third-order valence-electron chi connectivity index (χ3n) is 4.12. The van der Waals surface area contributed by atoms with Crippen LogP contribution in [0.3, 0.4) is 0 Å². The molecule has 1 atom stereocenters. The Balaban J connectivity index is 1.92. The highest BCUT2D eigenvalue weighted by atomic mass is 32.2. The first-order chi connectivity index (χ1) is 10.5. The molecule has 22 heavy (non-hydrogen) atoms. The molecule has 0 bridgehead atoms. The minimum atomic E-state index is -3.01. The van der Waals surface area contributed by atoms with Gasteiger partial charge in [0.25, 0.3) is 5.89 Å². The summed E-state index contributed by atoms with van der Waals surface area (Å²) in [7, 11) is -3.01. The summed E-state index contributed by atoms with van der Waals surface area (Å²) in [5.41, 5.74) is 0. The number of nitrogens with zero attached hydrogens (tertiary/aromatic N) is 2. The van der Waals surface area contributed by atoms with Crippen molar-refractivity contribution >= 4 is 9.84 Å². The van der Waals surface area contributed by atoms with Crippen molar-refractivity contribution in [3.63, 3.8) is 0 Å². The predicted molar refractivity (Wildman–Crippen MR) is 83.3 cm³/mol. The number of hydrogen-bond donors (Lipinski definition) is 0. The first-order valence-electron chi connectivity index (χ1n) is 8.22. The molecule has 126 valence electrons. The van der Waals surface area contributed by atoms with Crippen LogP contribution < -0.4 is 0 Å². The van der Waals surface area contributed by atoms with E-state index in [2.05, 4.69) is 10.1 Å². The van der Waals surface area contributed by atoms with E-state index in [1.54, 1.807) is 6.92 Å². The van der Waals surface area contributed by atoms with Crippen molar-refractivity contribution in [3.8, 4) is 0 Å². The Morgan fingerprint density at radius 3 is 2.64 bits per heavy atom. The second-order valence-corrected chi connectivity index (χ2v) is 8.30. The van der Waals surface area contributed by atoms with Gasteiger partial charge in [0, 0.05) is 12.2 Å². The van der Waals surface area contributed by atoms with Gasteiger partial charge in [0.05, 0.1) is 11.9 Å². The van der Waals surface area contributed by atoms with Gasteiger partial charge in [-0.1, -0.05) is 38.3 Å². The molecule has 7 heteroatoms. The Kier molecular flexibility index (Phi) is 6.37. The average molecular weight is 330 g/mol. The normalized spacial score (nSPS) is 18.5. The van der Waals surface area contributed by atoms with E-state index in [1.807, 2.05) is 6.92 Å². The van der Waals surface area contributed by atoms with Crippen LogP contribution in [0.1, 0.15) is 70.2 Å². The standard InChI is InChI=1S/C15H26N2O4S/c1-3-13(20-12-8-6-5-7-9-12)15-16-14(17-21-15)10-11-22(18,19)4-2/h12-13H,3-11H2,1-2H3. The summed E-state index contributed by atoms with van der Waals surface area (Å²) in [6.45, 7) is 3.67. The second kappa shape index (κ2) is 8.06. The minimum Gasteiger partial charge on any atom is -0.365 e. The lowest BCUT2D eigenvalue weighted by atomic mass is 9.97. The summed E-state index contributed by atoms with van der Waals surface area (Å²) in [6, 6.07) is 0. The third kappa shape index (κ3) is 5.05. The van der Waals surface area contributed by atoms with Crippen LogP contribution in [-0.2, 0) is 21.0 Å². The Bertz CT molecular complexity index is 550. The van der Waals surface area contributed by atoms with E-state index in [-0.39, 0.29) is 23.7 Å². The molecule has 1 heterocycles. The van der Waals surface area contributed by atoms with E-state index in [0.717, 1.165) is 19.3 Å². The summed E-state index contributed by atoms with van der Waals surface area (Å²) in [4.78, 5) is 4.32. The number of ether oxygens (including phenoxy) is 1. The molecule has 1 aromatic heterocycles. The fourth-order valence-electron chi connectivity index (χ4n) is 2.65. The number of rotatable bonds is 8. The number of sulfone groups is 1. The van der Waals surface area contributed by atoms with Gasteiger partial charge in [-0.25, -0.2) is 8.42 Å². The van der Waals surface area contributed by atoms with Crippen molar-refractivity contribution in [1.82, 2.24) is 10.1 Å². The zero-order valence-electron chi connectivity index (χ0n) is 13.5. The van der Waals surface area contributed by atoms with Crippen molar-refractivity contribution in [2.24, 2.45) is 0 Å². The first-order valence-corrected chi connectivity index (χ1v) is 10.0. The monoisotopic (exact) mass is 330 g/mol. The summed E-state index contributed by atoms with van der Waals surface area (Å²) >= 11 is 0. The van der Waals surface area contributed by atoms with Crippen molar-refractivity contribution in [2.45, 2.75) is 71.0 Å². The fraction of sp³-hybridized carbons (Fsp3) is 0.867. The molecule has 1 aromatic rings. The summed E-state index contributed by atoms with van der Waals surface area (Å²) in [6.07, 6.45) is 7.04. The van der Waals surface area contributed by atoms with Gasteiger partial charge in [0.1, 0.15) is 15.9 Å². The average Bonchev–Trinajstić information content (AvgIpc) is 3.00. The van der Waals surface area contributed by atoms with Crippen LogP contribution in [0.4, 0.5) is 0 Å². The van der Waals surface area contributed by atoms with E-state index in [0.29, 0.717) is 18.1 Å². The molecule has 1 fully saturated rings.